The van der Waals surface area contributed by atoms with E-state index in [1.54, 1.807) is 23.4 Å². The minimum Gasteiger partial charge on any atom is -0.481 e. The Morgan fingerprint density at radius 1 is 1.41 bits per heavy atom. The van der Waals surface area contributed by atoms with Crippen LogP contribution in [0.1, 0.15) is 12.1 Å². The van der Waals surface area contributed by atoms with Crippen molar-refractivity contribution in [1.82, 2.24) is 19.9 Å². The maximum atomic E-state index is 11.8. The average Bonchev–Trinajstić information content (AvgIpc) is 3.13. The number of likely N-dealkylation sites (tertiary alicyclic amines) is 1. The number of hydrogen-bond acceptors (Lipinski definition) is 6. The number of rotatable bonds is 5. The smallest absolute Gasteiger partial charge is 0.308 e. The molecule has 1 unspecified atom stereocenters. The fourth-order valence-corrected chi connectivity index (χ4v) is 3.14. The van der Waals surface area contributed by atoms with Gasteiger partial charge in [0.25, 0.3) is 0 Å². The van der Waals surface area contributed by atoms with Gasteiger partial charge in [0.2, 0.25) is 5.91 Å². The lowest BCUT2D eigenvalue weighted by molar-refractivity contribution is -0.141. The first kappa shape index (κ1) is 14.6. The number of hydrogen-bond donors (Lipinski definition) is 1. The molecule has 0 radical (unpaired) electrons. The van der Waals surface area contributed by atoms with Crippen molar-refractivity contribution in [2.75, 3.05) is 13.1 Å². The number of aliphatic carboxylic acids is 1. The molecule has 2 aromatic rings. The molecule has 1 saturated heterocycles. The minimum atomic E-state index is -0.909. The maximum absolute atomic E-state index is 11.8. The Labute approximate surface area is 130 Å². The molecular weight excluding hydrogens is 304 g/mol. The quantitative estimate of drug-likeness (QED) is 0.886. The van der Waals surface area contributed by atoms with E-state index in [0.717, 1.165) is 10.7 Å². The average molecular weight is 318 g/mol. The SMILES string of the molecule is O=C(O)C1CC(=O)N(CCc2csc(-c3ncccn3)n2)C1. The Morgan fingerprint density at radius 2 is 2.18 bits per heavy atom. The molecule has 8 heteroatoms. The second-order valence-electron chi connectivity index (χ2n) is 5.05. The lowest BCUT2D eigenvalue weighted by Gasteiger charge is -2.14. The van der Waals surface area contributed by atoms with Crippen molar-refractivity contribution in [3.8, 4) is 10.8 Å². The Bertz CT molecular complexity index is 688. The van der Waals surface area contributed by atoms with E-state index in [1.807, 2.05) is 5.38 Å². The van der Waals surface area contributed by atoms with E-state index in [2.05, 4.69) is 15.0 Å². The van der Waals surface area contributed by atoms with E-state index < -0.39 is 11.9 Å². The first-order valence-electron chi connectivity index (χ1n) is 6.86. The lowest BCUT2D eigenvalue weighted by atomic mass is 10.1. The van der Waals surface area contributed by atoms with E-state index in [4.69, 9.17) is 5.11 Å². The summed E-state index contributed by atoms with van der Waals surface area (Å²) in [5.74, 6) is -1.01. The van der Waals surface area contributed by atoms with E-state index in [9.17, 15) is 9.59 Å². The number of carboxylic acid groups (broad SMARTS) is 1. The number of carbonyl (C=O) groups excluding carboxylic acids is 1. The van der Waals surface area contributed by atoms with Crippen LogP contribution in [0.5, 0.6) is 0 Å². The summed E-state index contributed by atoms with van der Waals surface area (Å²) >= 11 is 1.46. The summed E-state index contributed by atoms with van der Waals surface area (Å²) in [6, 6.07) is 1.75. The summed E-state index contributed by atoms with van der Waals surface area (Å²) in [6.45, 7) is 0.772. The predicted molar refractivity (Wildman–Crippen MR) is 79.2 cm³/mol. The van der Waals surface area contributed by atoms with Crippen LogP contribution in [0.2, 0.25) is 0 Å². The molecule has 1 fully saturated rings. The molecule has 0 saturated carbocycles. The van der Waals surface area contributed by atoms with Crippen LogP contribution in [-0.4, -0.2) is 49.9 Å². The molecule has 2 aromatic heterocycles. The van der Waals surface area contributed by atoms with E-state index in [0.29, 0.717) is 18.8 Å². The van der Waals surface area contributed by atoms with Crippen molar-refractivity contribution in [3.05, 3.63) is 29.5 Å². The highest BCUT2D eigenvalue weighted by atomic mass is 32.1. The molecule has 0 aromatic carbocycles. The summed E-state index contributed by atoms with van der Waals surface area (Å²) in [7, 11) is 0. The van der Waals surface area contributed by atoms with Gasteiger partial charge in [-0.05, 0) is 6.07 Å². The van der Waals surface area contributed by atoms with Gasteiger partial charge in [-0.15, -0.1) is 11.3 Å². The highest BCUT2D eigenvalue weighted by Gasteiger charge is 2.33. The van der Waals surface area contributed by atoms with E-state index in [-0.39, 0.29) is 18.9 Å². The molecule has 0 spiro atoms. The van der Waals surface area contributed by atoms with Crippen LogP contribution in [0.15, 0.2) is 23.8 Å². The van der Waals surface area contributed by atoms with Crippen molar-refractivity contribution < 1.29 is 14.7 Å². The number of amides is 1. The molecule has 3 heterocycles. The zero-order chi connectivity index (χ0) is 15.5. The third kappa shape index (κ3) is 3.11. The van der Waals surface area contributed by atoms with Crippen LogP contribution in [-0.2, 0) is 16.0 Å². The maximum Gasteiger partial charge on any atom is 0.308 e. The van der Waals surface area contributed by atoms with Crippen LogP contribution in [0.25, 0.3) is 10.8 Å². The molecule has 0 bridgehead atoms. The topological polar surface area (TPSA) is 96.3 Å². The van der Waals surface area contributed by atoms with Gasteiger partial charge in [-0.3, -0.25) is 9.59 Å². The zero-order valence-electron chi connectivity index (χ0n) is 11.7. The third-order valence-corrected chi connectivity index (χ3v) is 4.40. The number of carboxylic acids is 1. The van der Waals surface area contributed by atoms with Crippen LogP contribution < -0.4 is 0 Å². The molecule has 3 rings (SSSR count). The van der Waals surface area contributed by atoms with E-state index >= 15 is 0 Å². The normalized spacial score (nSPS) is 17.9. The van der Waals surface area contributed by atoms with Crippen LogP contribution in [0.3, 0.4) is 0 Å². The third-order valence-electron chi connectivity index (χ3n) is 3.51. The molecule has 1 aliphatic heterocycles. The number of thiazole rings is 1. The highest BCUT2D eigenvalue weighted by molar-refractivity contribution is 7.13. The van der Waals surface area contributed by atoms with Gasteiger partial charge in [0.05, 0.1) is 11.6 Å². The van der Waals surface area contributed by atoms with Crippen molar-refractivity contribution >= 4 is 23.2 Å². The summed E-state index contributed by atoms with van der Waals surface area (Å²) in [4.78, 5) is 37.0. The van der Waals surface area contributed by atoms with Crippen molar-refractivity contribution in [3.63, 3.8) is 0 Å². The Kier molecular flexibility index (Phi) is 4.10. The first-order valence-corrected chi connectivity index (χ1v) is 7.74. The number of aromatic nitrogens is 3. The number of carbonyl (C=O) groups is 2. The van der Waals surface area contributed by atoms with Crippen LogP contribution in [0, 0.1) is 5.92 Å². The fraction of sp³-hybridized carbons (Fsp3) is 0.357. The van der Waals surface area contributed by atoms with Crippen molar-refractivity contribution in [1.29, 1.82) is 0 Å². The molecule has 0 aliphatic carbocycles. The Hall–Kier alpha value is -2.35. The highest BCUT2D eigenvalue weighted by Crippen LogP contribution is 2.21. The summed E-state index contributed by atoms with van der Waals surface area (Å²) in [5.41, 5.74) is 0.860. The van der Waals surface area contributed by atoms with Crippen LogP contribution in [0.4, 0.5) is 0 Å². The monoisotopic (exact) mass is 318 g/mol. The zero-order valence-corrected chi connectivity index (χ0v) is 12.5. The van der Waals surface area contributed by atoms with Gasteiger partial charge in [-0.2, -0.15) is 0 Å². The second-order valence-corrected chi connectivity index (χ2v) is 5.90. The molecule has 22 heavy (non-hydrogen) atoms. The summed E-state index contributed by atoms with van der Waals surface area (Å²) in [6.07, 6.45) is 4.02. The first-order chi connectivity index (χ1) is 10.6. The minimum absolute atomic E-state index is 0.0928. The molecule has 114 valence electrons. The van der Waals surface area contributed by atoms with Gasteiger partial charge in [-0.1, -0.05) is 0 Å². The molecule has 1 amide bonds. The lowest BCUT2D eigenvalue weighted by Crippen LogP contribution is -2.28. The largest absolute Gasteiger partial charge is 0.481 e. The Balaban J connectivity index is 1.60. The van der Waals surface area contributed by atoms with Gasteiger partial charge >= 0.3 is 5.97 Å². The van der Waals surface area contributed by atoms with Crippen LogP contribution >= 0.6 is 11.3 Å². The second kappa shape index (κ2) is 6.18. The van der Waals surface area contributed by atoms with Gasteiger partial charge in [0.15, 0.2) is 10.8 Å². The standard InChI is InChI=1S/C14H14N4O3S/c19-11-6-9(14(20)21)7-18(11)5-2-10-8-22-13(17-10)12-15-3-1-4-16-12/h1,3-4,8-9H,2,5-7H2,(H,20,21). The van der Waals surface area contributed by atoms with Gasteiger partial charge < -0.3 is 10.0 Å². The van der Waals surface area contributed by atoms with Gasteiger partial charge in [-0.25, -0.2) is 15.0 Å². The molecule has 1 N–H and O–H groups in total. The van der Waals surface area contributed by atoms with E-state index in [1.165, 1.54) is 11.3 Å². The molecule has 1 aliphatic rings. The van der Waals surface area contributed by atoms with Gasteiger partial charge in [0, 0.05) is 43.7 Å². The number of nitrogens with zero attached hydrogens (tertiary/aromatic N) is 4. The van der Waals surface area contributed by atoms with Gasteiger partial charge in [0.1, 0.15) is 0 Å². The summed E-state index contributed by atoms with van der Waals surface area (Å²) < 4.78 is 0. The summed E-state index contributed by atoms with van der Waals surface area (Å²) in [5, 5.41) is 11.6. The molecule has 7 nitrogen and oxygen atoms in total. The fourth-order valence-electron chi connectivity index (χ4n) is 2.34. The molecule has 1 atom stereocenters. The van der Waals surface area contributed by atoms with Crippen molar-refractivity contribution in [2.24, 2.45) is 5.92 Å². The predicted octanol–water partition coefficient (Wildman–Crippen LogP) is 1.08. The molecular formula is C14H14N4O3S. The van der Waals surface area contributed by atoms with Crippen molar-refractivity contribution in [2.45, 2.75) is 12.8 Å². The Morgan fingerprint density at radius 3 is 2.86 bits per heavy atom.